The number of likely N-dealkylation sites (tertiary alicyclic amines) is 1. The molecule has 5 nitrogen and oxygen atoms in total. The first kappa shape index (κ1) is 18.1. The molecule has 8 heteroatoms. The number of carbonyl (C=O) groups excluding carboxylic acids is 1. The van der Waals surface area contributed by atoms with E-state index in [1.54, 1.807) is 19.1 Å². The lowest BCUT2D eigenvalue weighted by molar-refractivity contribution is -0.187. The van der Waals surface area contributed by atoms with Crippen LogP contribution in [0.1, 0.15) is 35.7 Å². The van der Waals surface area contributed by atoms with Gasteiger partial charge in [0.25, 0.3) is 0 Å². The van der Waals surface area contributed by atoms with Gasteiger partial charge in [-0.2, -0.15) is 13.2 Å². The zero-order chi connectivity index (χ0) is 17.9. The molecule has 1 saturated heterocycles. The van der Waals surface area contributed by atoms with Crippen LogP contribution in [0.5, 0.6) is 0 Å². The zero-order valence-electron chi connectivity index (χ0n) is 13.1. The van der Waals surface area contributed by atoms with Crippen LogP contribution >= 0.6 is 0 Å². The van der Waals surface area contributed by atoms with E-state index in [4.69, 9.17) is 5.11 Å². The molecule has 1 aliphatic heterocycles. The Morgan fingerprint density at radius 1 is 1.29 bits per heavy atom. The van der Waals surface area contributed by atoms with Crippen molar-refractivity contribution in [1.29, 1.82) is 0 Å². The first-order valence-corrected chi connectivity index (χ1v) is 7.62. The van der Waals surface area contributed by atoms with Crippen molar-refractivity contribution in [2.24, 2.45) is 5.92 Å². The van der Waals surface area contributed by atoms with Gasteiger partial charge < -0.3 is 15.3 Å². The molecule has 1 heterocycles. The molecular formula is C16H19F3N2O3. The fraction of sp³-hybridized carbons (Fsp3) is 0.500. The topological polar surface area (TPSA) is 69.6 Å². The number of urea groups is 1. The van der Waals surface area contributed by atoms with Crippen molar-refractivity contribution >= 4 is 12.0 Å². The molecule has 24 heavy (non-hydrogen) atoms. The molecular weight excluding hydrogens is 325 g/mol. The maximum atomic E-state index is 12.7. The van der Waals surface area contributed by atoms with Gasteiger partial charge in [0.1, 0.15) is 0 Å². The molecule has 0 aromatic heterocycles. The number of halogens is 3. The lowest BCUT2D eigenvalue weighted by Crippen LogP contribution is -2.50. The number of rotatable bonds is 3. The second-order valence-electron chi connectivity index (χ2n) is 5.97. The lowest BCUT2D eigenvalue weighted by atomic mass is 9.91. The minimum Gasteiger partial charge on any atom is -0.478 e. The Morgan fingerprint density at radius 3 is 2.42 bits per heavy atom. The van der Waals surface area contributed by atoms with Crippen LogP contribution in [-0.4, -0.2) is 40.8 Å². The molecule has 0 spiro atoms. The van der Waals surface area contributed by atoms with Crippen LogP contribution in [0.25, 0.3) is 0 Å². The number of hydrogen-bond donors (Lipinski definition) is 2. The van der Waals surface area contributed by atoms with E-state index >= 15 is 0 Å². The highest BCUT2D eigenvalue weighted by Crippen LogP contribution is 2.36. The average molecular weight is 344 g/mol. The van der Waals surface area contributed by atoms with E-state index in [0.29, 0.717) is 5.56 Å². The van der Waals surface area contributed by atoms with Gasteiger partial charge >= 0.3 is 18.2 Å². The Balaban J connectivity index is 1.88. The number of carboxylic acids is 1. The number of carbonyl (C=O) groups is 2. The van der Waals surface area contributed by atoms with E-state index in [-0.39, 0.29) is 31.5 Å². The molecule has 0 bridgehead atoms. The van der Waals surface area contributed by atoms with Crippen LogP contribution < -0.4 is 5.32 Å². The van der Waals surface area contributed by atoms with Crippen LogP contribution in [0, 0.1) is 5.92 Å². The second-order valence-corrected chi connectivity index (χ2v) is 5.97. The van der Waals surface area contributed by atoms with Crippen molar-refractivity contribution in [1.82, 2.24) is 10.2 Å². The number of piperidine rings is 1. The molecule has 132 valence electrons. The fourth-order valence-corrected chi connectivity index (χ4v) is 2.82. The van der Waals surface area contributed by atoms with E-state index in [9.17, 15) is 22.8 Å². The highest BCUT2D eigenvalue weighted by Gasteiger charge is 2.44. The summed E-state index contributed by atoms with van der Waals surface area (Å²) in [6.45, 7) is 1.86. The van der Waals surface area contributed by atoms with E-state index in [1.165, 1.54) is 17.0 Å². The van der Waals surface area contributed by atoms with Crippen LogP contribution in [0.15, 0.2) is 24.3 Å². The Kier molecular flexibility index (Phi) is 5.36. The maximum absolute atomic E-state index is 12.7. The highest BCUT2D eigenvalue weighted by atomic mass is 19.4. The van der Waals surface area contributed by atoms with Gasteiger partial charge in [-0.15, -0.1) is 0 Å². The smallest absolute Gasteiger partial charge is 0.391 e. The number of benzene rings is 1. The van der Waals surface area contributed by atoms with Crippen LogP contribution in [0.2, 0.25) is 0 Å². The fourth-order valence-electron chi connectivity index (χ4n) is 2.82. The third kappa shape index (κ3) is 4.39. The number of amides is 2. The van der Waals surface area contributed by atoms with Gasteiger partial charge in [0, 0.05) is 19.1 Å². The standard InChI is InChI=1S/C16H19F3N2O3/c1-10-8-13(16(17,18)19)6-7-21(10)15(24)20-9-11-2-4-12(5-3-11)14(22)23/h2-5,10,13H,6-9H2,1H3,(H,20,24)(H,22,23). The summed E-state index contributed by atoms with van der Waals surface area (Å²) in [4.78, 5) is 24.3. The van der Waals surface area contributed by atoms with Crippen molar-refractivity contribution in [2.45, 2.75) is 38.5 Å². The van der Waals surface area contributed by atoms with E-state index in [2.05, 4.69) is 5.32 Å². The SMILES string of the molecule is CC1CC(C(F)(F)F)CCN1C(=O)NCc1ccc(C(=O)O)cc1. The van der Waals surface area contributed by atoms with Gasteiger partial charge in [-0.05, 0) is 37.5 Å². The molecule has 0 radical (unpaired) electrons. The predicted molar refractivity (Wildman–Crippen MR) is 80.6 cm³/mol. The predicted octanol–water partition coefficient (Wildman–Crippen LogP) is 3.26. The molecule has 0 saturated carbocycles. The second kappa shape index (κ2) is 7.11. The summed E-state index contributed by atoms with van der Waals surface area (Å²) in [6, 6.07) is 5.14. The third-order valence-electron chi connectivity index (χ3n) is 4.24. The number of hydrogen-bond acceptors (Lipinski definition) is 2. The van der Waals surface area contributed by atoms with E-state index in [1.807, 2.05) is 0 Å². The van der Waals surface area contributed by atoms with E-state index in [0.717, 1.165) is 0 Å². The van der Waals surface area contributed by atoms with E-state index < -0.39 is 30.1 Å². The molecule has 2 unspecified atom stereocenters. The van der Waals surface area contributed by atoms with Crippen molar-refractivity contribution < 1.29 is 27.9 Å². The molecule has 1 aliphatic rings. The lowest BCUT2D eigenvalue weighted by Gasteiger charge is -2.38. The number of alkyl halides is 3. The summed E-state index contributed by atoms with van der Waals surface area (Å²) >= 11 is 0. The summed E-state index contributed by atoms with van der Waals surface area (Å²) in [6.07, 6.45) is -4.40. The Morgan fingerprint density at radius 2 is 1.92 bits per heavy atom. The molecule has 1 fully saturated rings. The van der Waals surface area contributed by atoms with Crippen LogP contribution in [-0.2, 0) is 6.54 Å². The molecule has 1 aromatic rings. The van der Waals surface area contributed by atoms with Gasteiger partial charge in [-0.1, -0.05) is 12.1 Å². The Labute approximate surface area is 137 Å². The van der Waals surface area contributed by atoms with Crippen LogP contribution in [0.4, 0.5) is 18.0 Å². The molecule has 1 aromatic carbocycles. The van der Waals surface area contributed by atoms with Crippen molar-refractivity contribution in [3.8, 4) is 0 Å². The van der Waals surface area contributed by atoms with Gasteiger partial charge in [0.15, 0.2) is 0 Å². The van der Waals surface area contributed by atoms with Crippen molar-refractivity contribution in [3.63, 3.8) is 0 Å². The highest BCUT2D eigenvalue weighted by molar-refractivity contribution is 5.87. The average Bonchev–Trinajstić information content (AvgIpc) is 2.52. The first-order chi connectivity index (χ1) is 11.2. The number of carboxylic acid groups (broad SMARTS) is 1. The molecule has 0 aliphatic carbocycles. The minimum atomic E-state index is -4.22. The van der Waals surface area contributed by atoms with Crippen LogP contribution in [0.3, 0.4) is 0 Å². The van der Waals surface area contributed by atoms with Gasteiger partial charge in [-0.3, -0.25) is 0 Å². The Hall–Kier alpha value is -2.25. The third-order valence-corrected chi connectivity index (χ3v) is 4.24. The number of nitrogens with zero attached hydrogens (tertiary/aromatic N) is 1. The summed E-state index contributed by atoms with van der Waals surface area (Å²) in [5, 5.41) is 11.5. The first-order valence-electron chi connectivity index (χ1n) is 7.62. The molecule has 2 amide bonds. The molecule has 2 atom stereocenters. The van der Waals surface area contributed by atoms with Gasteiger partial charge in [0.2, 0.25) is 0 Å². The summed E-state index contributed by atoms with van der Waals surface area (Å²) < 4.78 is 38.2. The van der Waals surface area contributed by atoms with Crippen molar-refractivity contribution in [3.05, 3.63) is 35.4 Å². The normalized spacial score (nSPS) is 21.4. The molecule has 2 rings (SSSR count). The largest absolute Gasteiger partial charge is 0.478 e. The van der Waals surface area contributed by atoms with Gasteiger partial charge in [-0.25, -0.2) is 9.59 Å². The summed E-state index contributed by atoms with van der Waals surface area (Å²) in [5.41, 5.74) is 0.860. The van der Waals surface area contributed by atoms with Gasteiger partial charge in [0.05, 0.1) is 11.5 Å². The molecule has 2 N–H and O–H groups in total. The minimum absolute atomic E-state index is 0.0646. The summed E-state index contributed by atoms with van der Waals surface area (Å²) in [5.74, 6) is -2.40. The quantitative estimate of drug-likeness (QED) is 0.884. The number of aromatic carboxylic acids is 1. The number of nitrogens with one attached hydrogen (secondary N) is 1. The zero-order valence-corrected chi connectivity index (χ0v) is 13.1. The summed E-state index contributed by atoms with van der Waals surface area (Å²) in [7, 11) is 0. The Bertz CT molecular complexity index is 602. The monoisotopic (exact) mass is 344 g/mol. The maximum Gasteiger partial charge on any atom is 0.391 e. The van der Waals surface area contributed by atoms with Crippen molar-refractivity contribution in [2.75, 3.05) is 6.54 Å².